The maximum Gasteiger partial charge on any atom is 0.432 e. The third kappa shape index (κ3) is 4.01. The fourth-order valence-corrected chi connectivity index (χ4v) is 2.70. The van der Waals surface area contributed by atoms with E-state index in [0.717, 1.165) is 12.1 Å². The highest BCUT2D eigenvalue weighted by atomic mass is 19.4. The second-order valence-corrected chi connectivity index (χ2v) is 5.89. The van der Waals surface area contributed by atoms with E-state index in [9.17, 15) is 27.9 Å². The molecule has 0 saturated carbocycles. The molecule has 0 spiro atoms. The summed E-state index contributed by atoms with van der Waals surface area (Å²) in [4.78, 5) is 25.8. The van der Waals surface area contributed by atoms with Crippen LogP contribution in [0.15, 0.2) is 54.6 Å². The summed E-state index contributed by atoms with van der Waals surface area (Å²) in [7, 11) is 0. The van der Waals surface area contributed by atoms with Gasteiger partial charge in [-0.05, 0) is 38.1 Å². The summed E-state index contributed by atoms with van der Waals surface area (Å²) in [6.45, 7) is 3.02. The molecule has 0 heterocycles. The van der Waals surface area contributed by atoms with Crippen molar-refractivity contribution in [2.45, 2.75) is 25.6 Å². The number of alkyl halides is 3. The summed E-state index contributed by atoms with van der Waals surface area (Å²) in [5, 5.41) is 10.1. The van der Waals surface area contributed by atoms with E-state index in [2.05, 4.69) is 4.74 Å². The van der Waals surface area contributed by atoms with E-state index >= 15 is 0 Å². The van der Waals surface area contributed by atoms with Crippen molar-refractivity contribution in [1.82, 2.24) is 0 Å². The van der Waals surface area contributed by atoms with Crippen LogP contribution in [0.4, 0.5) is 18.9 Å². The summed E-state index contributed by atoms with van der Waals surface area (Å²) < 4.78 is 44.7. The minimum atomic E-state index is -5.27. The molecule has 2 aromatic rings. The topological polar surface area (TPSA) is 66.8 Å². The average molecular weight is 395 g/mol. The number of esters is 1. The van der Waals surface area contributed by atoms with Crippen LogP contribution in [-0.2, 0) is 15.1 Å². The Kier molecular flexibility index (Phi) is 6.45. The van der Waals surface area contributed by atoms with Crippen molar-refractivity contribution in [2.24, 2.45) is 0 Å². The number of benzene rings is 2. The number of halogens is 3. The number of ether oxygens (including phenoxy) is 1. The highest BCUT2D eigenvalue weighted by Gasteiger charge is 2.62. The third-order valence-electron chi connectivity index (χ3n) is 4.16. The minimum Gasteiger partial charge on any atom is -0.463 e. The van der Waals surface area contributed by atoms with Crippen molar-refractivity contribution in [3.8, 4) is 0 Å². The van der Waals surface area contributed by atoms with Crippen LogP contribution in [-0.4, -0.2) is 36.3 Å². The van der Waals surface area contributed by atoms with Crippen LogP contribution in [0.1, 0.15) is 29.8 Å². The lowest BCUT2D eigenvalue weighted by molar-refractivity contribution is -0.267. The highest BCUT2D eigenvalue weighted by molar-refractivity contribution is 6.06. The number of carbonyl (C=O) groups is 2. The SMILES string of the molecule is CCOC(=O)[C@](O)(c1ccc(N(CC)C(=O)c2ccccc2)cc1)C(F)(F)F. The lowest BCUT2D eigenvalue weighted by Crippen LogP contribution is -2.50. The van der Waals surface area contributed by atoms with E-state index < -0.39 is 23.3 Å². The molecular formula is C20H20F3NO4. The first kappa shape index (κ1) is 21.4. The van der Waals surface area contributed by atoms with Gasteiger partial charge in [-0.2, -0.15) is 13.2 Å². The fourth-order valence-electron chi connectivity index (χ4n) is 2.70. The van der Waals surface area contributed by atoms with Gasteiger partial charge in [-0.15, -0.1) is 0 Å². The van der Waals surface area contributed by atoms with Gasteiger partial charge in [0.15, 0.2) is 0 Å². The second-order valence-electron chi connectivity index (χ2n) is 5.89. The Hall–Kier alpha value is -2.87. The first-order valence-electron chi connectivity index (χ1n) is 8.60. The van der Waals surface area contributed by atoms with E-state index in [4.69, 9.17) is 0 Å². The standard InChI is InChI=1S/C20H20F3NO4/c1-3-24(17(25)14-8-6-5-7-9-14)16-12-10-15(11-13-16)19(27,20(21,22)23)18(26)28-4-2/h5-13,27H,3-4H2,1-2H3/t19-/m1/s1. The van der Waals surface area contributed by atoms with Crippen molar-refractivity contribution >= 4 is 17.6 Å². The zero-order valence-corrected chi connectivity index (χ0v) is 15.4. The molecule has 0 radical (unpaired) electrons. The Balaban J connectivity index is 2.39. The van der Waals surface area contributed by atoms with Crippen LogP contribution >= 0.6 is 0 Å². The Morgan fingerprint density at radius 2 is 1.57 bits per heavy atom. The Morgan fingerprint density at radius 3 is 2.04 bits per heavy atom. The molecule has 28 heavy (non-hydrogen) atoms. The molecule has 150 valence electrons. The molecule has 2 rings (SSSR count). The number of hydrogen-bond donors (Lipinski definition) is 1. The van der Waals surface area contributed by atoms with Crippen LogP contribution in [0.2, 0.25) is 0 Å². The molecule has 1 N–H and O–H groups in total. The summed E-state index contributed by atoms with van der Waals surface area (Å²) in [5.74, 6) is -2.13. The van der Waals surface area contributed by atoms with E-state index in [-0.39, 0.29) is 19.1 Å². The zero-order valence-electron chi connectivity index (χ0n) is 15.4. The van der Waals surface area contributed by atoms with Crippen LogP contribution in [0, 0.1) is 0 Å². The number of amides is 1. The molecule has 2 aromatic carbocycles. The maximum absolute atomic E-state index is 13.4. The molecule has 5 nitrogen and oxygen atoms in total. The summed E-state index contributed by atoms with van der Waals surface area (Å²) in [5.41, 5.74) is -3.73. The van der Waals surface area contributed by atoms with E-state index in [1.807, 2.05) is 0 Å². The molecule has 0 aliphatic rings. The van der Waals surface area contributed by atoms with Crippen LogP contribution in [0.3, 0.4) is 0 Å². The van der Waals surface area contributed by atoms with Gasteiger partial charge in [-0.25, -0.2) is 4.79 Å². The van der Waals surface area contributed by atoms with Crippen molar-refractivity contribution in [1.29, 1.82) is 0 Å². The maximum atomic E-state index is 13.4. The number of rotatable bonds is 6. The Labute approximate surface area is 160 Å². The van der Waals surface area contributed by atoms with Gasteiger partial charge in [0.25, 0.3) is 11.5 Å². The first-order valence-corrected chi connectivity index (χ1v) is 8.60. The van der Waals surface area contributed by atoms with Crippen LogP contribution in [0.5, 0.6) is 0 Å². The predicted molar refractivity (Wildman–Crippen MR) is 96.8 cm³/mol. The van der Waals surface area contributed by atoms with Crippen molar-refractivity contribution in [2.75, 3.05) is 18.1 Å². The number of carbonyl (C=O) groups excluding carboxylic acids is 2. The molecule has 0 aliphatic heterocycles. The van der Waals surface area contributed by atoms with Crippen LogP contribution < -0.4 is 4.90 Å². The second kappa shape index (κ2) is 8.43. The van der Waals surface area contributed by atoms with Gasteiger partial charge in [0.05, 0.1) is 6.61 Å². The molecule has 0 fully saturated rings. The van der Waals surface area contributed by atoms with Crippen LogP contribution in [0.25, 0.3) is 0 Å². The smallest absolute Gasteiger partial charge is 0.432 e. The molecule has 0 unspecified atom stereocenters. The minimum absolute atomic E-state index is 0.272. The summed E-state index contributed by atoms with van der Waals surface area (Å²) >= 11 is 0. The Bertz CT molecular complexity index is 822. The molecular weight excluding hydrogens is 375 g/mol. The van der Waals surface area contributed by atoms with Gasteiger partial charge in [0.2, 0.25) is 0 Å². The molecule has 0 saturated heterocycles. The Morgan fingerprint density at radius 1 is 1.00 bits per heavy atom. The van der Waals surface area contributed by atoms with Gasteiger partial charge in [-0.1, -0.05) is 30.3 Å². The average Bonchev–Trinajstić information content (AvgIpc) is 2.68. The largest absolute Gasteiger partial charge is 0.463 e. The lowest BCUT2D eigenvalue weighted by Gasteiger charge is -2.29. The van der Waals surface area contributed by atoms with Gasteiger partial charge < -0.3 is 14.7 Å². The van der Waals surface area contributed by atoms with Gasteiger partial charge in [0.1, 0.15) is 0 Å². The third-order valence-corrected chi connectivity index (χ3v) is 4.16. The molecule has 0 aromatic heterocycles. The zero-order chi connectivity index (χ0) is 20.9. The normalized spacial score (nSPS) is 13.5. The number of hydrogen-bond acceptors (Lipinski definition) is 4. The molecule has 8 heteroatoms. The predicted octanol–water partition coefficient (Wildman–Crippen LogP) is 3.67. The van der Waals surface area contributed by atoms with Crippen molar-refractivity contribution < 1.29 is 32.6 Å². The molecule has 1 atom stereocenters. The van der Waals surface area contributed by atoms with Crippen molar-refractivity contribution in [3.63, 3.8) is 0 Å². The number of nitrogens with zero attached hydrogens (tertiary/aromatic N) is 1. The fraction of sp³-hybridized carbons (Fsp3) is 0.300. The quantitative estimate of drug-likeness (QED) is 0.758. The lowest BCUT2D eigenvalue weighted by atomic mass is 9.92. The van der Waals surface area contributed by atoms with E-state index in [1.165, 1.54) is 24.0 Å². The molecule has 0 aliphatic carbocycles. The van der Waals surface area contributed by atoms with Crippen molar-refractivity contribution in [3.05, 3.63) is 65.7 Å². The van der Waals surface area contributed by atoms with E-state index in [0.29, 0.717) is 11.3 Å². The summed E-state index contributed by atoms with van der Waals surface area (Å²) in [6.07, 6.45) is -5.27. The van der Waals surface area contributed by atoms with Gasteiger partial charge in [0, 0.05) is 23.4 Å². The number of anilines is 1. The molecule has 0 bridgehead atoms. The van der Waals surface area contributed by atoms with Gasteiger partial charge >= 0.3 is 12.1 Å². The summed E-state index contributed by atoms with van der Waals surface area (Å²) in [6, 6.07) is 12.8. The van der Waals surface area contributed by atoms with Gasteiger partial charge in [-0.3, -0.25) is 4.79 Å². The number of aliphatic hydroxyl groups is 1. The highest BCUT2D eigenvalue weighted by Crippen LogP contribution is 2.40. The monoisotopic (exact) mass is 395 g/mol. The van der Waals surface area contributed by atoms with E-state index in [1.54, 1.807) is 37.3 Å². The molecule has 1 amide bonds. The first-order chi connectivity index (χ1) is 13.2.